The molecule has 1 spiro atoms. The molecule has 24 heavy (non-hydrogen) atoms. The molecular formula is C17H23N3O3S. The van der Waals surface area contributed by atoms with Crippen molar-refractivity contribution >= 4 is 23.2 Å². The lowest BCUT2D eigenvalue weighted by molar-refractivity contribution is -0.185. The van der Waals surface area contributed by atoms with Crippen LogP contribution in [-0.4, -0.2) is 64.5 Å². The van der Waals surface area contributed by atoms with Crippen LogP contribution >= 0.6 is 11.3 Å². The number of rotatable bonds is 3. The topological polar surface area (TPSA) is 62.7 Å². The fourth-order valence-corrected chi connectivity index (χ4v) is 4.40. The maximum Gasteiger partial charge on any atom is 0.273 e. The number of nitrogens with zero attached hydrogens (tertiary/aromatic N) is 3. The van der Waals surface area contributed by atoms with Gasteiger partial charge in [0, 0.05) is 25.0 Å². The second kappa shape index (κ2) is 6.11. The number of carbonyl (C=O) groups excluding carboxylic acids is 2. The molecule has 3 heterocycles. The van der Waals surface area contributed by atoms with E-state index in [-0.39, 0.29) is 30.1 Å². The third-order valence-electron chi connectivity index (χ3n) is 5.73. The molecule has 7 heteroatoms. The van der Waals surface area contributed by atoms with Gasteiger partial charge < -0.3 is 14.5 Å². The maximum absolute atomic E-state index is 12.4. The van der Waals surface area contributed by atoms with Crippen molar-refractivity contribution in [3.63, 3.8) is 0 Å². The number of likely N-dealkylation sites (tertiary alicyclic amines) is 1. The van der Waals surface area contributed by atoms with Crippen molar-refractivity contribution in [3.05, 3.63) is 16.6 Å². The van der Waals surface area contributed by atoms with E-state index in [0.29, 0.717) is 24.7 Å². The highest BCUT2D eigenvalue weighted by Crippen LogP contribution is 2.38. The smallest absolute Gasteiger partial charge is 0.273 e. The Bertz CT molecular complexity index is 621. The average molecular weight is 349 g/mol. The van der Waals surface area contributed by atoms with Gasteiger partial charge in [0.1, 0.15) is 12.3 Å². The molecule has 1 aromatic rings. The SMILES string of the molecule is C[C@@H]1N(CC2CC2)C(=O)COC12CCN(C(=O)c1cscn1)CC2. The standard InChI is InChI=1S/C17H23N3O3S/c1-12-17(23-9-15(21)20(12)8-13-2-3-13)4-6-19(7-5-17)16(22)14-10-24-11-18-14/h10-13H,2-9H2,1H3/t12-/m0/s1. The van der Waals surface area contributed by atoms with Gasteiger partial charge in [-0.15, -0.1) is 11.3 Å². The van der Waals surface area contributed by atoms with E-state index < -0.39 is 0 Å². The first-order chi connectivity index (χ1) is 11.6. The second-order valence-corrected chi connectivity index (χ2v) is 7.90. The zero-order valence-corrected chi connectivity index (χ0v) is 14.8. The van der Waals surface area contributed by atoms with Crippen LogP contribution in [0.1, 0.15) is 43.1 Å². The molecule has 0 aromatic carbocycles. The third kappa shape index (κ3) is 2.84. The highest BCUT2D eigenvalue weighted by atomic mass is 32.1. The Morgan fingerprint density at radius 2 is 2.17 bits per heavy atom. The minimum atomic E-state index is -0.304. The Hall–Kier alpha value is -1.47. The summed E-state index contributed by atoms with van der Waals surface area (Å²) in [7, 11) is 0. The van der Waals surface area contributed by atoms with Crippen LogP contribution in [0.15, 0.2) is 10.9 Å². The van der Waals surface area contributed by atoms with E-state index in [4.69, 9.17) is 4.74 Å². The minimum Gasteiger partial charge on any atom is -0.363 e. The summed E-state index contributed by atoms with van der Waals surface area (Å²) < 4.78 is 6.04. The molecular weight excluding hydrogens is 326 g/mol. The summed E-state index contributed by atoms with van der Waals surface area (Å²) in [6.45, 7) is 4.47. The van der Waals surface area contributed by atoms with E-state index in [1.54, 1.807) is 10.9 Å². The number of hydrogen-bond acceptors (Lipinski definition) is 5. The molecule has 0 bridgehead atoms. The molecule has 3 aliphatic rings. The van der Waals surface area contributed by atoms with Crippen LogP contribution in [0.3, 0.4) is 0 Å². The molecule has 1 atom stereocenters. The maximum atomic E-state index is 12.4. The van der Waals surface area contributed by atoms with Gasteiger partial charge >= 0.3 is 0 Å². The number of hydrogen-bond donors (Lipinski definition) is 0. The monoisotopic (exact) mass is 349 g/mol. The number of piperidine rings is 1. The van der Waals surface area contributed by atoms with E-state index >= 15 is 0 Å². The van der Waals surface area contributed by atoms with Gasteiger partial charge in [0.15, 0.2) is 0 Å². The molecule has 130 valence electrons. The molecule has 1 aromatic heterocycles. The van der Waals surface area contributed by atoms with Gasteiger partial charge in [-0.25, -0.2) is 4.98 Å². The van der Waals surface area contributed by atoms with Gasteiger partial charge in [-0.3, -0.25) is 9.59 Å². The molecule has 1 aliphatic carbocycles. The Morgan fingerprint density at radius 3 is 2.79 bits per heavy atom. The Labute approximate surface area is 145 Å². The van der Waals surface area contributed by atoms with E-state index in [9.17, 15) is 9.59 Å². The van der Waals surface area contributed by atoms with Crippen LogP contribution in [0.25, 0.3) is 0 Å². The highest BCUT2D eigenvalue weighted by Gasteiger charge is 2.49. The largest absolute Gasteiger partial charge is 0.363 e. The van der Waals surface area contributed by atoms with Gasteiger partial charge in [0.05, 0.1) is 17.2 Å². The lowest BCUT2D eigenvalue weighted by Gasteiger charge is -2.51. The van der Waals surface area contributed by atoms with E-state index in [2.05, 4.69) is 11.9 Å². The predicted octanol–water partition coefficient (Wildman–Crippen LogP) is 1.78. The number of ether oxygens (including phenoxy) is 1. The van der Waals surface area contributed by atoms with E-state index in [1.165, 1.54) is 24.2 Å². The second-order valence-electron chi connectivity index (χ2n) is 7.18. The van der Waals surface area contributed by atoms with Crippen LogP contribution in [0.5, 0.6) is 0 Å². The molecule has 0 unspecified atom stereocenters. The van der Waals surface area contributed by atoms with Gasteiger partial charge in [-0.2, -0.15) is 0 Å². The third-order valence-corrected chi connectivity index (χ3v) is 6.32. The quantitative estimate of drug-likeness (QED) is 0.834. The molecule has 2 aliphatic heterocycles. The number of thiazole rings is 1. The molecule has 3 fully saturated rings. The van der Waals surface area contributed by atoms with Gasteiger partial charge in [-0.05, 0) is 38.5 Å². The zero-order chi connectivity index (χ0) is 16.7. The summed E-state index contributed by atoms with van der Waals surface area (Å²) in [5.41, 5.74) is 1.91. The van der Waals surface area contributed by atoms with Crippen molar-refractivity contribution in [1.82, 2.24) is 14.8 Å². The average Bonchev–Trinajstić information content (AvgIpc) is 3.25. The fourth-order valence-electron chi connectivity index (χ4n) is 3.88. The van der Waals surface area contributed by atoms with Crippen LogP contribution in [0, 0.1) is 5.92 Å². The van der Waals surface area contributed by atoms with Gasteiger partial charge in [0.25, 0.3) is 5.91 Å². The number of aromatic nitrogens is 1. The molecule has 2 amide bonds. The number of amides is 2. The Balaban J connectivity index is 1.43. The number of carbonyl (C=O) groups is 2. The van der Waals surface area contributed by atoms with Crippen molar-refractivity contribution in [3.8, 4) is 0 Å². The summed E-state index contributed by atoms with van der Waals surface area (Å²) in [6.07, 6.45) is 4.03. The summed E-state index contributed by atoms with van der Waals surface area (Å²) >= 11 is 1.44. The summed E-state index contributed by atoms with van der Waals surface area (Å²) in [5.74, 6) is 0.791. The van der Waals surface area contributed by atoms with Crippen molar-refractivity contribution in [1.29, 1.82) is 0 Å². The Kier molecular flexibility index (Phi) is 4.08. The van der Waals surface area contributed by atoms with Crippen molar-refractivity contribution in [2.75, 3.05) is 26.2 Å². The number of morpholine rings is 1. The summed E-state index contributed by atoms with van der Waals surface area (Å²) in [5, 5.41) is 1.79. The van der Waals surface area contributed by atoms with Gasteiger partial charge in [0.2, 0.25) is 5.91 Å². The molecule has 2 saturated heterocycles. The van der Waals surface area contributed by atoms with Gasteiger partial charge in [-0.1, -0.05) is 0 Å². The van der Waals surface area contributed by atoms with E-state index in [1.807, 2.05) is 9.80 Å². The Morgan fingerprint density at radius 1 is 1.42 bits per heavy atom. The lowest BCUT2D eigenvalue weighted by Crippen LogP contribution is -2.64. The summed E-state index contributed by atoms with van der Waals surface area (Å²) in [4.78, 5) is 32.7. The first-order valence-electron chi connectivity index (χ1n) is 8.70. The molecule has 0 radical (unpaired) electrons. The molecule has 6 nitrogen and oxygen atoms in total. The highest BCUT2D eigenvalue weighted by molar-refractivity contribution is 7.07. The predicted molar refractivity (Wildman–Crippen MR) is 89.8 cm³/mol. The first-order valence-corrected chi connectivity index (χ1v) is 9.64. The summed E-state index contributed by atoms with van der Waals surface area (Å²) in [6, 6.07) is 0.0795. The minimum absolute atomic E-state index is 0.000440. The fraction of sp³-hybridized carbons (Fsp3) is 0.706. The van der Waals surface area contributed by atoms with Crippen molar-refractivity contribution in [2.45, 2.75) is 44.2 Å². The van der Waals surface area contributed by atoms with Crippen molar-refractivity contribution in [2.24, 2.45) is 5.92 Å². The normalized spacial score (nSPS) is 26.9. The van der Waals surface area contributed by atoms with Crippen molar-refractivity contribution < 1.29 is 14.3 Å². The first kappa shape index (κ1) is 16.0. The van der Waals surface area contributed by atoms with E-state index in [0.717, 1.165) is 19.4 Å². The van der Waals surface area contributed by atoms with Crippen LogP contribution in [0.4, 0.5) is 0 Å². The van der Waals surface area contributed by atoms with Crippen LogP contribution in [0.2, 0.25) is 0 Å². The molecule has 0 N–H and O–H groups in total. The molecule has 4 rings (SSSR count). The van der Waals surface area contributed by atoms with Crippen LogP contribution in [-0.2, 0) is 9.53 Å². The van der Waals surface area contributed by atoms with Crippen LogP contribution < -0.4 is 0 Å². The lowest BCUT2D eigenvalue weighted by atomic mass is 9.82. The zero-order valence-electron chi connectivity index (χ0n) is 13.9. The molecule has 1 saturated carbocycles.